The zero-order valence-electron chi connectivity index (χ0n) is 15.6. The quantitative estimate of drug-likeness (QED) is 0.900. The van der Waals surface area contributed by atoms with Gasteiger partial charge in [0.05, 0.1) is 12.0 Å². The van der Waals surface area contributed by atoms with Crippen molar-refractivity contribution < 1.29 is 19.1 Å². The van der Waals surface area contributed by atoms with Crippen molar-refractivity contribution in [3.8, 4) is 5.75 Å². The zero-order valence-corrected chi connectivity index (χ0v) is 15.6. The van der Waals surface area contributed by atoms with Gasteiger partial charge < -0.3 is 15.0 Å². The van der Waals surface area contributed by atoms with Crippen LogP contribution in [-0.2, 0) is 9.59 Å². The first-order valence-electron chi connectivity index (χ1n) is 9.22. The largest absolute Gasteiger partial charge is 0.486 e. The van der Waals surface area contributed by atoms with Gasteiger partial charge in [-0.2, -0.15) is 0 Å². The molecule has 1 spiro atoms. The lowest BCUT2D eigenvalue weighted by molar-refractivity contribution is -0.139. The van der Waals surface area contributed by atoms with Crippen LogP contribution in [0, 0.1) is 0 Å². The Morgan fingerprint density at radius 1 is 1.19 bits per heavy atom. The summed E-state index contributed by atoms with van der Waals surface area (Å²) in [6, 6.07) is 6.73. The maximum Gasteiger partial charge on any atom is 0.242 e. The standard InChI is InChI=1S/C20H26N2O4/c1-13(2)21-19(25)14(3)22-11-10-20(9-8-18(22)24)12-16(23)15-6-4-5-7-17(15)26-20/h4-7,13-14H,8-12H2,1-3H3,(H,21,25)/t14-,20+/m1/s1. The third-order valence-electron chi connectivity index (χ3n) is 5.20. The van der Waals surface area contributed by atoms with Crippen LogP contribution in [0.1, 0.15) is 56.8 Å². The van der Waals surface area contributed by atoms with Crippen LogP contribution in [-0.4, -0.2) is 46.7 Å². The summed E-state index contributed by atoms with van der Waals surface area (Å²) in [6.07, 6.45) is 1.57. The molecule has 0 aromatic heterocycles. The third-order valence-corrected chi connectivity index (χ3v) is 5.20. The molecule has 3 rings (SSSR count). The van der Waals surface area contributed by atoms with E-state index in [1.54, 1.807) is 24.0 Å². The van der Waals surface area contributed by atoms with Crippen LogP contribution in [0.15, 0.2) is 24.3 Å². The molecule has 0 aliphatic carbocycles. The summed E-state index contributed by atoms with van der Waals surface area (Å²) >= 11 is 0. The summed E-state index contributed by atoms with van der Waals surface area (Å²) in [5.74, 6) is 0.423. The van der Waals surface area contributed by atoms with E-state index in [1.165, 1.54) is 0 Å². The first-order chi connectivity index (χ1) is 12.3. The Bertz CT molecular complexity index is 730. The van der Waals surface area contributed by atoms with Crippen LogP contribution in [0.4, 0.5) is 0 Å². The van der Waals surface area contributed by atoms with Crippen LogP contribution in [0.2, 0.25) is 0 Å². The molecule has 2 atom stereocenters. The van der Waals surface area contributed by atoms with E-state index >= 15 is 0 Å². The maximum absolute atomic E-state index is 12.6. The van der Waals surface area contributed by atoms with Crippen molar-refractivity contribution in [2.75, 3.05) is 6.54 Å². The molecule has 2 heterocycles. The fraction of sp³-hybridized carbons (Fsp3) is 0.550. The Kier molecular flexibility index (Phi) is 5.03. The number of likely N-dealkylation sites (tertiary alicyclic amines) is 1. The predicted octanol–water partition coefficient (Wildman–Crippen LogP) is 2.32. The molecule has 0 radical (unpaired) electrons. The van der Waals surface area contributed by atoms with Crippen molar-refractivity contribution in [3.63, 3.8) is 0 Å². The van der Waals surface area contributed by atoms with Gasteiger partial charge >= 0.3 is 0 Å². The molecule has 2 aliphatic heterocycles. The van der Waals surface area contributed by atoms with Crippen LogP contribution in [0.5, 0.6) is 5.75 Å². The van der Waals surface area contributed by atoms with E-state index < -0.39 is 11.6 Å². The lowest BCUT2D eigenvalue weighted by Gasteiger charge is -2.37. The maximum atomic E-state index is 12.6. The summed E-state index contributed by atoms with van der Waals surface area (Å²) < 4.78 is 6.21. The number of hydrogen-bond acceptors (Lipinski definition) is 4. The van der Waals surface area contributed by atoms with Crippen molar-refractivity contribution in [2.45, 2.75) is 64.1 Å². The molecule has 26 heavy (non-hydrogen) atoms. The van der Waals surface area contributed by atoms with Gasteiger partial charge in [-0.25, -0.2) is 0 Å². The molecule has 140 valence electrons. The topological polar surface area (TPSA) is 75.7 Å². The number of ether oxygens (including phenoxy) is 1. The molecule has 6 nitrogen and oxygen atoms in total. The Morgan fingerprint density at radius 3 is 2.65 bits per heavy atom. The lowest BCUT2D eigenvalue weighted by Crippen LogP contribution is -2.50. The average molecular weight is 358 g/mol. The third kappa shape index (κ3) is 3.59. The number of carbonyl (C=O) groups is 3. The van der Waals surface area contributed by atoms with E-state index in [0.717, 1.165) is 0 Å². The van der Waals surface area contributed by atoms with Gasteiger partial charge in [-0.15, -0.1) is 0 Å². The van der Waals surface area contributed by atoms with Gasteiger partial charge in [0.15, 0.2) is 5.78 Å². The van der Waals surface area contributed by atoms with Gasteiger partial charge in [-0.05, 0) is 39.3 Å². The summed E-state index contributed by atoms with van der Waals surface area (Å²) in [4.78, 5) is 39.1. The van der Waals surface area contributed by atoms with Crippen LogP contribution >= 0.6 is 0 Å². The minimum absolute atomic E-state index is 0.0224. The molecule has 0 saturated carbocycles. The monoisotopic (exact) mass is 358 g/mol. The average Bonchev–Trinajstić information content (AvgIpc) is 2.73. The smallest absolute Gasteiger partial charge is 0.242 e. The summed E-state index contributed by atoms with van der Waals surface area (Å²) in [5, 5.41) is 2.85. The Labute approximate surface area is 153 Å². The van der Waals surface area contributed by atoms with Crippen LogP contribution in [0.25, 0.3) is 0 Å². The number of nitrogens with zero attached hydrogens (tertiary/aromatic N) is 1. The minimum atomic E-state index is -0.663. The number of amides is 2. The Morgan fingerprint density at radius 2 is 1.92 bits per heavy atom. The van der Waals surface area contributed by atoms with Gasteiger partial charge in [0.2, 0.25) is 11.8 Å². The number of para-hydroxylation sites is 1. The van der Waals surface area contributed by atoms with Gasteiger partial charge in [0.1, 0.15) is 17.4 Å². The Hall–Kier alpha value is -2.37. The molecule has 1 fully saturated rings. The fourth-order valence-corrected chi connectivity index (χ4v) is 3.73. The second-order valence-electron chi connectivity index (χ2n) is 7.56. The molecule has 2 aliphatic rings. The normalized spacial score (nSPS) is 24.1. The van der Waals surface area contributed by atoms with E-state index in [2.05, 4.69) is 5.32 Å². The molecule has 1 saturated heterocycles. The number of nitrogens with one attached hydrogen (secondary N) is 1. The summed E-state index contributed by atoms with van der Waals surface area (Å²) in [6.45, 7) is 5.93. The van der Waals surface area contributed by atoms with E-state index in [0.29, 0.717) is 30.7 Å². The number of hydrogen-bond donors (Lipinski definition) is 1. The molecule has 6 heteroatoms. The van der Waals surface area contributed by atoms with Crippen LogP contribution < -0.4 is 10.1 Å². The van der Waals surface area contributed by atoms with E-state index in [4.69, 9.17) is 4.74 Å². The van der Waals surface area contributed by atoms with Crippen molar-refractivity contribution in [1.82, 2.24) is 10.2 Å². The molecular formula is C20H26N2O4. The molecule has 1 aromatic carbocycles. The molecular weight excluding hydrogens is 332 g/mol. The van der Waals surface area contributed by atoms with Crippen molar-refractivity contribution >= 4 is 17.6 Å². The first kappa shape index (κ1) is 18.4. The molecule has 1 N–H and O–H groups in total. The molecule has 0 bridgehead atoms. The Balaban J connectivity index is 1.76. The van der Waals surface area contributed by atoms with E-state index in [1.807, 2.05) is 26.0 Å². The molecule has 0 unspecified atom stereocenters. The van der Waals surface area contributed by atoms with Gasteiger partial charge in [-0.3, -0.25) is 14.4 Å². The molecule has 1 aromatic rings. The number of rotatable bonds is 3. The van der Waals surface area contributed by atoms with Crippen molar-refractivity contribution in [1.29, 1.82) is 0 Å². The fourth-order valence-electron chi connectivity index (χ4n) is 3.73. The van der Waals surface area contributed by atoms with Crippen molar-refractivity contribution in [2.24, 2.45) is 0 Å². The number of carbonyl (C=O) groups excluding carboxylic acids is 3. The van der Waals surface area contributed by atoms with Crippen molar-refractivity contribution in [3.05, 3.63) is 29.8 Å². The summed E-state index contributed by atoms with van der Waals surface area (Å²) in [7, 11) is 0. The number of Topliss-reactive ketones (excluding diaryl/α,β-unsaturated/α-hetero) is 1. The van der Waals surface area contributed by atoms with Crippen LogP contribution in [0.3, 0.4) is 0 Å². The second-order valence-corrected chi connectivity index (χ2v) is 7.56. The second kappa shape index (κ2) is 7.09. The van der Waals surface area contributed by atoms with Gasteiger partial charge in [-0.1, -0.05) is 12.1 Å². The molecule has 2 amide bonds. The van der Waals surface area contributed by atoms with E-state index in [9.17, 15) is 14.4 Å². The van der Waals surface area contributed by atoms with Gasteiger partial charge in [0.25, 0.3) is 0 Å². The lowest BCUT2D eigenvalue weighted by atomic mass is 9.84. The number of fused-ring (bicyclic) bond motifs is 1. The highest BCUT2D eigenvalue weighted by Crippen LogP contribution is 2.39. The SMILES string of the molecule is CC(C)NC(=O)[C@@H](C)N1CC[C@@]2(CCC1=O)CC(=O)c1ccccc1O2. The minimum Gasteiger partial charge on any atom is -0.486 e. The van der Waals surface area contributed by atoms with E-state index in [-0.39, 0.29) is 36.5 Å². The number of ketones is 1. The highest BCUT2D eigenvalue weighted by Gasteiger charge is 2.44. The van der Waals surface area contributed by atoms with Gasteiger partial charge in [0, 0.05) is 25.4 Å². The highest BCUT2D eigenvalue weighted by molar-refractivity contribution is 6.00. The first-order valence-corrected chi connectivity index (χ1v) is 9.22. The predicted molar refractivity (Wildman–Crippen MR) is 97.1 cm³/mol. The summed E-state index contributed by atoms with van der Waals surface area (Å²) in [5.41, 5.74) is -0.0559. The number of benzene rings is 1. The zero-order chi connectivity index (χ0) is 18.9. The highest BCUT2D eigenvalue weighted by atomic mass is 16.5.